The molecule has 1 aliphatic rings. The predicted molar refractivity (Wildman–Crippen MR) is 124 cm³/mol. The van der Waals surface area contributed by atoms with E-state index in [1.807, 2.05) is 24.3 Å². The quantitative estimate of drug-likeness (QED) is 0.572. The Kier molecular flexibility index (Phi) is 8.73. The van der Waals surface area contributed by atoms with Crippen molar-refractivity contribution in [3.63, 3.8) is 0 Å². The Morgan fingerprint density at radius 2 is 1.87 bits per heavy atom. The summed E-state index contributed by atoms with van der Waals surface area (Å²) in [5, 5.41) is 3.81. The van der Waals surface area contributed by atoms with E-state index in [0.29, 0.717) is 35.5 Å². The molecule has 1 aromatic heterocycles. The fourth-order valence-corrected chi connectivity index (χ4v) is 4.37. The molecule has 7 heteroatoms. The number of aromatic nitrogens is 1. The summed E-state index contributed by atoms with van der Waals surface area (Å²) in [6.45, 7) is 2.42. The highest BCUT2D eigenvalue weighted by atomic mass is 35.5. The van der Waals surface area contributed by atoms with Gasteiger partial charge >= 0.3 is 0 Å². The third-order valence-electron chi connectivity index (χ3n) is 5.69. The van der Waals surface area contributed by atoms with Gasteiger partial charge in [-0.1, -0.05) is 54.6 Å². The smallest absolute Gasteiger partial charge is 0.245 e. The first-order valence-corrected chi connectivity index (χ1v) is 11.6. The lowest BCUT2D eigenvalue weighted by Gasteiger charge is -2.27. The molecule has 0 spiro atoms. The summed E-state index contributed by atoms with van der Waals surface area (Å²) in [6.07, 6.45) is 8.01. The molecule has 1 saturated carbocycles. The van der Waals surface area contributed by atoms with Crippen molar-refractivity contribution in [1.29, 1.82) is 0 Å². The van der Waals surface area contributed by atoms with Crippen molar-refractivity contribution in [1.82, 2.24) is 15.2 Å². The molecular formula is C24H29Cl2N3O2. The van der Waals surface area contributed by atoms with Crippen LogP contribution in [0, 0.1) is 5.92 Å². The molecule has 1 atom stereocenters. The SMILES string of the molecule is CC(NC(=O)CC1CCCCC1)C(=O)N(Cc1ccc(Cl)c(Cl)c1)Cc1ccccn1. The molecule has 0 aliphatic heterocycles. The van der Waals surface area contributed by atoms with Crippen molar-refractivity contribution < 1.29 is 9.59 Å². The van der Waals surface area contributed by atoms with Crippen LogP contribution >= 0.6 is 23.2 Å². The van der Waals surface area contributed by atoms with Crippen LogP contribution in [0.4, 0.5) is 0 Å². The Bertz CT molecular complexity index is 886. The zero-order valence-electron chi connectivity index (χ0n) is 17.8. The van der Waals surface area contributed by atoms with Gasteiger partial charge in [-0.2, -0.15) is 0 Å². The van der Waals surface area contributed by atoms with Crippen LogP contribution in [-0.2, 0) is 22.7 Å². The second-order valence-corrected chi connectivity index (χ2v) is 9.08. The van der Waals surface area contributed by atoms with Crippen molar-refractivity contribution in [2.75, 3.05) is 0 Å². The lowest BCUT2D eigenvalue weighted by atomic mass is 9.87. The van der Waals surface area contributed by atoms with Crippen molar-refractivity contribution in [3.8, 4) is 0 Å². The number of carbonyl (C=O) groups is 2. The first kappa shape index (κ1) is 23.6. The molecule has 0 saturated heterocycles. The van der Waals surface area contributed by atoms with E-state index in [0.717, 1.165) is 24.1 Å². The lowest BCUT2D eigenvalue weighted by molar-refractivity contribution is -0.137. The van der Waals surface area contributed by atoms with Gasteiger partial charge in [0.05, 0.1) is 22.3 Å². The Hall–Kier alpha value is -2.11. The van der Waals surface area contributed by atoms with Crippen molar-refractivity contribution in [2.24, 2.45) is 5.92 Å². The fraction of sp³-hybridized carbons (Fsp3) is 0.458. The minimum atomic E-state index is -0.623. The maximum absolute atomic E-state index is 13.3. The Labute approximate surface area is 194 Å². The maximum Gasteiger partial charge on any atom is 0.245 e. The van der Waals surface area contributed by atoms with Crippen LogP contribution in [0.25, 0.3) is 0 Å². The lowest BCUT2D eigenvalue weighted by Crippen LogP contribution is -2.46. The summed E-state index contributed by atoms with van der Waals surface area (Å²) in [5.74, 6) is 0.214. The van der Waals surface area contributed by atoms with E-state index in [1.54, 1.807) is 30.2 Å². The van der Waals surface area contributed by atoms with Crippen LogP contribution in [0.3, 0.4) is 0 Å². The molecule has 31 heavy (non-hydrogen) atoms. The Balaban J connectivity index is 1.67. The van der Waals surface area contributed by atoms with Crippen LogP contribution < -0.4 is 5.32 Å². The van der Waals surface area contributed by atoms with Gasteiger partial charge in [-0.05, 0) is 55.5 Å². The minimum Gasteiger partial charge on any atom is -0.345 e. The van der Waals surface area contributed by atoms with Gasteiger partial charge in [0.2, 0.25) is 11.8 Å². The number of rotatable bonds is 8. The number of amides is 2. The zero-order chi connectivity index (χ0) is 22.2. The van der Waals surface area contributed by atoms with Crippen molar-refractivity contribution in [3.05, 3.63) is 63.9 Å². The van der Waals surface area contributed by atoms with Crippen LogP contribution in [0.15, 0.2) is 42.6 Å². The summed E-state index contributed by atoms with van der Waals surface area (Å²) in [5.41, 5.74) is 1.64. The van der Waals surface area contributed by atoms with E-state index >= 15 is 0 Å². The number of hydrogen-bond acceptors (Lipinski definition) is 3. The summed E-state index contributed by atoms with van der Waals surface area (Å²) in [6, 6.07) is 10.3. The van der Waals surface area contributed by atoms with Gasteiger partial charge in [0.25, 0.3) is 0 Å². The third kappa shape index (κ3) is 7.22. The molecule has 1 N–H and O–H groups in total. The van der Waals surface area contributed by atoms with Gasteiger partial charge in [-0.3, -0.25) is 14.6 Å². The molecule has 166 valence electrons. The number of nitrogens with one attached hydrogen (secondary N) is 1. The van der Waals surface area contributed by atoms with Gasteiger partial charge < -0.3 is 10.2 Å². The summed E-state index contributed by atoms with van der Waals surface area (Å²) in [4.78, 5) is 31.8. The molecule has 1 aromatic carbocycles. The highest BCUT2D eigenvalue weighted by molar-refractivity contribution is 6.42. The number of hydrogen-bond donors (Lipinski definition) is 1. The van der Waals surface area contributed by atoms with Crippen molar-refractivity contribution in [2.45, 2.75) is 64.6 Å². The van der Waals surface area contributed by atoms with Crippen molar-refractivity contribution >= 4 is 35.0 Å². The number of carbonyl (C=O) groups excluding carboxylic acids is 2. The second kappa shape index (κ2) is 11.5. The fourth-order valence-electron chi connectivity index (χ4n) is 4.05. The largest absolute Gasteiger partial charge is 0.345 e. The van der Waals surface area contributed by atoms with E-state index in [1.165, 1.54) is 19.3 Å². The monoisotopic (exact) mass is 461 g/mol. The molecule has 0 bridgehead atoms. The highest BCUT2D eigenvalue weighted by Gasteiger charge is 2.25. The van der Waals surface area contributed by atoms with Gasteiger partial charge in [0.1, 0.15) is 6.04 Å². The summed E-state index contributed by atoms with van der Waals surface area (Å²) < 4.78 is 0. The highest BCUT2D eigenvalue weighted by Crippen LogP contribution is 2.26. The molecule has 2 aromatic rings. The first-order valence-electron chi connectivity index (χ1n) is 10.8. The second-order valence-electron chi connectivity index (χ2n) is 8.26. The molecule has 3 rings (SSSR count). The van der Waals surface area contributed by atoms with Crippen LogP contribution in [0.5, 0.6) is 0 Å². The maximum atomic E-state index is 13.3. The molecule has 0 radical (unpaired) electrons. The third-order valence-corrected chi connectivity index (χ3v) is 6.43. The molecule has 1 unspecified atom stereocenters. The Morgan fingerprint density at radius 3 is 2.55 bits per heavy atom. The zero-order valence-corrected chi connectivity index (χ0v) is 19.3. The molecule has 1 heterocycles. The number of nitrogens with zero attached hydrogens (tertiary/aromatic N) is 2. The topological polar surface area (TPSA) is 62.3 Å². The molecule has 1 aliphatic carbocycles. The first-order chi connectivity index (χ1) is 14.9. The van der Waals surface area contributed by atoms with E-state index < -0.39 is 6.04 Å². The van der Waals surface area contributed by atoms with E-state index in [4.69, 9.17) is 23.2 Å². The van der Waals surface area contributed by atoms with Gasteiger partial charge in [-0.15, -0.1) is 0 Å². The molecule has 2 amide bonds. The summed E-state index contributed by atoms with van der Waals surface area (Å²) >= 11 is 12.2. The molecular weight excluding hydrogens is 433 g/mol. The average Bonchev–Trinajstić information content (AvgIpc) is 2.76. The van der Waals surface area contributed by atoms with Gasteiger partial charge in [0, 0.05) is 19.2 Å². The van der Waals surface area contributed by atoms with E-state index in [9.17, 15) is 9.59 Å². The number of halogens is 2. The van der Waals surface area contributed by atoms with Crippen LogP contribution in [-0.4, -0.2) is 27.7 Å². The normalized spacial score (nSPS) is 15.3. The van der Waals surface area contributed by atoms with E-state index in [-0.39, 0.29) is 11.8 Å². The van der Waals surface area contributed by atoms with Crippen LogP contribution in [0.1, 0.15) is 56.7 Å². The predicted octanol–water partition coefficient (Wildman–Crippen LogP) is 5.39. The molecule has 5 nitrogen and oxygen atoms in total. The number of benzene rings is 1. The summed E-state index contributed by atoms with van der Waals surface area (Å²) in [7, 11) is 0. The standard InChI is InChI=1S/C24H29Cl2N3O2/c1-17(28-23(30)14-18-7-3-2-4-8-18)24(31)29(16-20-9-5-6-12-27-20)15-19-10-11-21(25)22(26)13-19/h5-6,9-13,17-18H,2-4,7-8,14-16H2,1H3,(H,28,30). The van der Waals surface area contributed by atoms with Gasteiger partial charge in [0.15, 0.2) is 0 Å². The van der Waals surface area contributed by atoms with E-state index in [2.05, 4.69) is 10.3 Å². The minimum absolute atomic E-state index is 0.0555. The van der Waals surface area contributed by atoms with Crippen LogP contribution in [0.2, 0.25) is 10.0 Å². The average molecular weight is 462 g/mol. The number of pyridine rings is 1. The van der Waals surface area contributed by atoms with Gasteiger partial charge in [-0.25, -0.2) is 0 Å². The molecule has 1 fully saturated rings. The Morgan fingerprint density at radius 1 is 1.10 bits per heavy atom.